The van der Waals surface area contributed by atoms with Crippen molar-refractivity contribution in [2.24, 2.45) is 0 Å². The number of aromatic nitrogens is 2. The van der Waals surface area contributed by atoms with Gasteiger partial charge in [0.25, 0.3) is 0 Å². The first-order valence-corrected chi connectivity index (χ1v) is 10.8. The zero-order chi connectivity index (χ0) is 23.4. The molecule has 0 aliphatic heterocycles. The predicted molar refractivity (Wildman–Crippen MR) is 126 cm³/mol. The molecular weight excluding hydrogens is 420 g/mol. The van der Waals surface area contributed by atoms with Crippen molar-refractivity contribution in [3.63, 3.8) is 0 Å². The van der Waals surface area contributed by atoms with Crippen molar-refractivity contribution < 1.29 is 23.7 Å². The Labute approximate surface area is 192 Å². The minimum atomic E-state index is -0.428. The molecule has 0 unspecified atom stereocenters. The average molecular weight is 449 g/mol. The van der Waals surface area contributed by atoms with Gasteiger partial charge in [-0.2, -0.15) is 0 Å². The van der Waals surface area contributed by atoms with Gasteiger partial charge in [-0.25, -0.2) is 4.79 Å². The number of hydrogen-bond donors (Lipinski definition) is 0. The summed E-state index contributed by atoms with van der Waals surface area (Å²) in [6.07, 6.45) is 1.49. The third-order valence-corrected chi connectivity index (χ3v) is 5.29. The molecule has 0 spiro atoms. The normalized spacial score (nSPS) is 11.4. The van der Waals surface area contributed by atoms with E-state index in [4.69, 9.17) is 18.9 Å². The lowest BCUT2D eigenvalue weighted by Gasteiger charge is -2.13. The molecule has 2 aromatic carbocycles. The minimum absolute atomic E-state index is 0.194. The van der Waals surface area contributed by atoms with E-state index >= 15 is 0 Å². The zero-order valence-corrected chi connectivity index (χ0v) is 19.3. The third-order valence-electron chi connectivity index (χ3n) is 5.29. The first-order valence-electron chi connectivity index (χ1n) is 10.8. The van der Waals surface area contributed by atoms with Crippen LogP contribution in [0.4, 0.5) is 0 Å². The van der Waals surface area contributed by atoms with Crippen LogP contribution in [-0.2, 0) is 34.2 Å². The van der Waals surface area contributed by atoms with E-state index in [9.17, 15) is 4.79 Å². The van der Waals surface area contributed by atoms with E-state index in [1.807, 2.05) is 66.9 Å². The SMILES string of the molecule is COCc1ncc2c(c1C(=O)OC(C)C)c1cc(OCc3ccccc3)ccc1n2COC. The number of rotatable bonds is 9. The quantitative estimate of drug-likeness (QED) is 0.332. The first-order chi connectivity index (χ1) is 16.0. The van der Waals surface area contributed by atoms with Crippen LogP contribution < -0.4 is 4.74 Å². The van der Waals surface area contributed by atoms with Gasteiger partial charge in [-0.1, -0.05) is 30.3 Å². The van der Waals surface area contributed by atoms with Crippen LogP contribution in [0.2, 0.25) is 0 Å². The Balaban J connectivity index is 1.90. The molecule has 0 atom stereocenters. The van der Waals surface area contributed by atoms with E-state index in [2.05, 4.69) is 4.98 Å². The number of esters is 1. The summed E-state index contributed by atoms with van der Waals surface area (Å²) < 4.78 is 24.4. The fourth-order valence-electron chi connectivity index (χ4n) is 3.94. The molecule has 4 rings (SSSR count). The van der Waals surface area contributed by atoms with Crippen molar-refractivity contribution in [2.75, 3.05) is 14.2 Å². The summed E-state index contributed by atoms with van der Waals surface area (Å²) in [5.41, 5.74) is 3.70. The molecule has 33 heavy (non-hydrogen) atoms. The molecular formula is C26H28N2O5. The van der Waals surface area contributed by atoms with Gasteiger partial charge in [0.2, 0.25) is 0 Å². The molecule has 0 amide bonds. The lowest BCUT2D eigenvalue weighted by molar-refractivity contribution is 0.0375. The molecule has 0 fully saturated rings. The number of nitrogens with zero attached hydrogens (tertiary/aromatic N) is 2. The summed E-state index contributed by atoms with van der Waals surface area (Å²) in [6, 6.07) is 15.8. The highest BCUT2D eigenvalue weighted by atomic mass is 16.5. The Morgan fingerprint density at radius 3 is 2.48 bits per heavy atom. The van der Waals surface area contributed by atoms with Crippen molar-refractivity contribution in [1.82, 2.24) is 9.55 Å². The molecule has 0 aliphatic carbocycles. The highest BCUT2D eigenvalue weighted by molar-refractivity contribution is 6.17. The first kappa shape index (κ1) is 22.8. The Morgan fingerprint density at radius 2 is 1.79 bits per heavy atom. The molecule has 4 aromatic rings. The monoisotopic (exact) mass is 448 g/mol. The van der Waals surface area contributed by atoms with Gasteiger partial charge < -0.3 is 23.5 Å². The van der Waals surface area contributed by atoms with Crippen molar-refractivity contribution in [3.8, 4) is 5.75 Å². The molecule has 7 nitrogen and oxygen atoms in total. The van der Waals surface area contributed by atoms with Gasteiger partial charge in [0.05, 0.1) is 41.2 Å². The molecule has 7 heteroatoms. The van der Waals surface area contributed by atoms with Crippen LogP contribution in [0.1, 0.15) is 35.5 Å². The van der Waals surface area contributed by atoms with Gasteiger partial charge in [-0.05, 0) is 37.6 Å². The van der Waals surface area contributed by atoms with Gasteiger partial charge in [0.15, 0.2) is 0 Å². The van der Waals surface area contributed by atoms with Crippen LogP contribution >= 0.6 is 0 Å². The van der Waals surface area contributed by atoms with Crippen LogP contribution in [0.15, 0.2) is 54.7 Å². The summed E-state index contributed by atoms with van der Waals surface area (Å²) in [5, 5.41) is 1.61. The van der Waals surface area contributed by atoms with Crippen LogP contribution in [-0.4, -0.2) is 35.8 Å². The minimum Gasteiger partial charge on any atom is -0.489 e. The molecule has 0 saturated heterocycles. The number of carbonyl (C=O) groups is 1. The van der Waals surface area contributed by atoms with E-state index in [0.29, 0.717) is 30.3 Å². The topological polar surface area (TPSA) is 71.8 Å². The number of carbonyl (C=O) groups excluding carboxylic acids is 1. The number of hydrogen-bond acceptors (Lipinski definition) is 6. The second-order valence-corrected chi connectivity index (χ2v) is 8.03. The summed E-state index contributed by atoms with van der Waals surface area (Å²) >= 11 is 0. The number of fused-ring (bicyclic) bond motifs is 3. The summed E-state index contributed by atoms with van der Waals surface area (Å²) in [4.78, 5) is 17.7. The second-order valence-electron chi connectivity index (χ2n) is 8.03. The fraction of sp³-hybridized carbons (Fsp3) is 0.308. The Bertz CT molecular complexity index is 1260. The fourth-order valence-corrected chi connectivity index (χ4v) is 3.94. The van der Waals surface area contributed by atoms with E-state index in [-0.39, 0.29) is 12.7 Å². The predicted octanol–water partition coefficient (Wildman–Crippen LogP) is 5.08. The summed E-state index contributed by atoms with van der Waals surface area (Å²) in [7, 11) is 3.21. The molecule has 0 saturated carbocycles. The molecule has 2 heterocycles. The van der Waals surface area contributed by atoms with Gasteiger partial charge in [-0.15, -0.1) is 0 Å². The van der Waals surface area contributed by atoms with Crippen molar-refractivity contribution >= 4 is 27.8 Å². The number of pyridine rings is 1. The van der Waals surface area contributed by atoms with Gasteiger partial charge in [0, 0.05) is 25.0 Å². The van der Waals surface area contributed by atoms with Gasteiger partial charge in [0.1, 0.15) is 19.1 Å². The van der Waals surface area contributed by atoms with Gasteiger partial charge in [-0.3, -0.25) is 4.98 Å². The number of benzene rings is 2. The molecule has 0 aliphatic rings. The summed E-state index contributed by atoms with van der Waals surface area (Å²) in [5.74, 6) is 0.276. The Morgan fingerprint density at radius 1 is 1.00 bits per heavy atom. The van der Waals surface area contributed by atoms with Crippen molar-refractivity contribution in [2.45, 2.75) is 39.9 Å². The largest absolute Gasteiger partial charge is 0.489 e. The maximum Gasteiger partial charge on any atom is 0.341 e. The molecule has 0 radical (unpaired) electrons. The van der Waals surface area contributed by atoms with Crippen LogP contribution in [0.25, 0.3) is 21.8 Å². The van der Waals surface area contributed by atoms with Crippen LogP contribution in [0.3, 0.4) is 0 Å². The lowest BCUT2D eigenvalue weighted by atomic mass is 10.1. The van der Waals surface area contributed by atoms with E-state index in [0.717, 1.165) is 27.4 Å². The summed E-state index contributed by atoms with van der Waals surface area (Å²) in [6.45, 7) is 4.60. The Kier molecular flexibility index (Phi) is 6.91. The number of methoxy groups -OCH3 is 2. The van der Waals surface area contributed by atoms with E-state index < -0.39 is 5.97 Å². The molecule has 0 N–H and O–H groups in total. The molecule has 2 aromatic heterocycles. The Hall–Kier alpha value is -3.42. The zero-order valence-electron chi connectivity index (χ0n) is 19.3. The van der Waals surface area contributed by atoms with E-state index in [1.165, 1.54) is 0 Å². The highest BCUT2D eigenvalue weighted by Crippen LogP contribution is 2.35. The number of ether oxygens (including phenoxy) is 4. The van der Waals surface area contributed by atoms with Gasteiger partial charge >= 0.3 is 5.97 Å². The smallest absolute Gasteiger partial charge is 0.341 e. The second kappa shape index (κ2) is 10.0. The van der Waals surface area contributed by atoms with Crippen LogP contribution in [0, 0.1) is 0 Å². The maximum absolute atomic E-state index is 13.2. The third kappa shape index (κ3) is 4.69. The molecule has 172 valence electrons. The highest BCUT2D eigenvalue weighted by Gasteiger charge is 2.24. The van der Waals surface area contributed by atoms with Crippen molar-refractivity contribution in [1.29, 1.82) is 0 Å². The average Bonchev–Trinajstić information content (AvgIpc) is 3.11. The maximum atomic E-state index is 13.2. The van der Waals surface area contributed by atoms with Crippen LogP contribution in [0.5, 0.6) is 5.75 Å². The molecule has 0 bridgehead atoms. The van der Waals surface area contributed by atoms with E-state index in [1.54, 1.807) is 20.4 Å². The standard InChI is InChI=1S/C26H28N2O5/c1-17(2)33-26(29)25-21(15-30-3)27-13-23-24(25)20-12-19(10-11-22(20)28(23)16-31-4)32-14-18-8-6-5-7-9-18/h5-13,17H,14-16H2,1-4H3. The van der Waals surface area contributed by atoms with Crippen molar-refractivity contribution in [3.05, 3.63) is 71.5 Å². The lowest BCUT2D eigenvalue weighted by Crippen LogP contribution is -2.15.